The summed E-state index contributed by atoms with van der Waals surface area (Å²) in [6, 6.07) is 9.02. The molecule has 0 saturated carbocycles. The van der Waals surface area contributed by atoms with E-state index < -0.39 is 38.5 Å². The number of carbonyl (C=O) groups is 2. The standard InChI is InChI=1S/C20H23N3O8S2/c1-2-3-9-21-32(27,28)15-6-4-5-14(10-15)22-33(29,30)16-7-8-18-17(11-16)23(12-20(25)26)19(24)13-31-18/h4-8,10-11,21-22H,2-3,9,12-13H2,1H3,(H,25,26). The van der Waals surface area contributed by atoms with Crippen LogP contribution >= 0.6 is 0 Å². The molecule has 11 nitrogen and oxygen atoms in total. The summed E-state index contributed by atoms with van der Waals surface area (Å²) in [5.74, 6) is -1.73. The first kappa shape index (κ1) is 24.5. The third-order valence-electron chi connectivity index (χ3n) is 4.70. The maximum Gasteiger partial charge on any atom is 0.323 e. The Bertz CT molecular complexity index is 1280. The largest absolute Gasteiger partial charge is 0.482 e. The Balaban J connectivity index is 1.88. The lowest BCUT2D eigenvalue weighted by molar-refractivity contribution is -0.137. The normalized spacial score (nSPS) is 13.8. The summed E-state index contributed by atoms with van der Waals surface area (Å²) >= 11 is 0. The van der Waals surface area contributed by atoms with E-state index in [4.69, 9.17) is 9.84 Å². The lowest BCUT2D eigenvalue weighted by atomic mass is 10.2. The summed E-state index contributed by atoms with van der Waals surface area (Å²) < 4.78 is 60.7. The average Bonchev–Trinajstić information content (AvgIpc) is 2.75. The van der Waals surface area contributed by atoms with E-state index in [2.05, 4.69) is 9.44 Å². The van der Waals surface area contributed by atoms with Gasteiger partial charge in [-0.3, -0.25) is 19.2 Å². The molecule has 1 amide bonds. The lowest BCUT2D eigenvalue weighted by Crippen LogP contribution is -2.42. The number of hydrogen-bond donors (Lipinski definition) is 3. The molecular weight excluding hydrogens is 474 g/mol. The van der Waals surface area contributed by atoms with Crippen molar-refractivity contribution in [3.05, 3.63) is 42.5 Å². The van der Waals surface area contributed by atoms with Gasteiger partial charge in [0.2, 0.25) is 10.0 Å². The van der Waals surface area contributed by atoms with Gasteiger partial charge in [-0.1, -0.05) is 19.4 Å². The minimum atomic E-state index is -4.21. The molecule has 0 aliphatic carbocycles. The van der Waals surface area contributed by atoms with Gasteiger partial charge in [0, 0.05) is 6.54 Å². The molecule has 13 heteroatoms. The lowest BCUT2D eigenvalue weighted by Gasteiger charge is -2.28. The van der Waals surface area contributed by atoms with Crippen molar-refractivity contribution < 1.29 is 36.3 Å². The molecule has 0 atom stereocenters. The third-order valence-corrected chi connectivity index (χ3v) is 7.53. The number of fused-ring (bicyclic) bond motifs is 1. The highest BCUT2D eigenvalue weighted by Crippen LogP contribution is 2.34. The Morgan fingerprint density at radius 3 is 2.52 bits per heavy atom. The number of unbranched alkanes of at least 4 members (excludes halogenated alkanes) is 1. The number of ether oxygens (including phenoxy) is 1. The van der Waals surface area contributed by atoms with Gasteiger partial charge in [0.15, 0.2) is 6.61 Å². The highest BCUT2D eigenvalue weighted by Gasteiger charge is 2.29. The van der Waals surface area contributed by atoms with E-state index in [-0.39, 0.29) is 40.1 Å². The maximum absolute atomic E-state index is 12.9. The molecule has 0 unspecified atom stereocenters. The molecule has 3 rings (SSSR count). The van der Waals surface area contributed by atoms with Crippen LogP contribution in [0.1, 0.15) is 19.8 Å². The summed E-state index contributed by atoms with van der Waals surface area (Å²) in [5, 5.41) is 9.07. The zero-order valence-corrected chi connectivity index (χ0v) is 19.3. The highest BCUT2D eigenvalue weighted by atomic mass is 32.2. The zero-order chi connectivity index (χ0) is 24.2. The number of aliphatic carboxylic acids is 1. The van der Waals surface area contributed by atoms with Crippen molar-refractivity contribution in [3.8, 4) is 5.75 Å². The topological polar surface area (TPSA) is 159 Å². The van der Waals surface area contributed by atoms with Crippen molar-refractivity contribution >= 4 is 43.3 Å². The monoisotopic (exact) mass is 497 g/mol. The molecule has 1 aliphatic rings. The van der Waals surface area contributed by atoms with E-state index in [0.717, 1.165) is 17.4 Å². The van der Waals surface area contributed by atoms with E-state index in [0.29, 0.717) is 6.42 Å². The Morgan fingerprint density at radius 1 is 1.09 bits per heavy atom. The number of rotatable bonds is 10. The van der Waals surface area contributed by atoms with Crippen molar-refractivity contribution in [3.63, 3.8) is 0 Å². The van der Waals surface area contributed by atoms with E-state index in [1.54, 1.807) is 0 Å². The Hall–Kier alpha value is -3.16. The molecule has 2 aromatic rings. The number of amides is 1. The molecule has 0 fully saturated rings. The molecule has 178 valence electrons. The fourth-order valence-corrected chi connectivity index (χ4v) is 5.25. The number of carboxylic acids is 1. The number of benzene rings is 2. The second-order valence-electron chi connectivity index (χ2n) is 7.18. The second kappa shape index (κ2) is 9.77. The van der Waals surface area contributed by atoms with Crippen LogP contribution in [0.25, 0.3) is 0 Å². The number of carboxylic acid groups (broad SMARTS) is 1. The first-order valence-electron chi connectivity index (χ1n) is 9.95. The van der Waals surface area contributed by atoms with Crippen LogP contribution in [-0.2, 0) is 29.6 Å². The van der Waals surface area contributed by atoms with Crippen LogP contribution in [-0.4, -0.2) is 53.5 Å². The van der Waals surface area contributed by atoms with Gasteiger partial charge in [-0.2, -0.15) is 0 Å². The van der Waals surface area contributed by atoms with Crippen molar-refractivity contribution in [2.45, 2.75) is 29.6 Å². The molecule has 3 N–H and O–H groups in total. The van der Waals surface area contributed by atoms with Gasteiger partial charge in [-0.25, -0.2) is 21.6 Å². The number of sulfonamides is 2. The molecule has 1 aliphatic heterocycles. The number of anilines is 2. The fourth-order valence-electron chi connectivity index (χ4n) is 3.07. The summed E-state index contributed by atoms with van der Waals surface area (Å²) in [6.45, 7) is 1.17. The van der Waals surface area contributed by atoms with Gasteiger partial charge in [0.25, 0.3) is 15.9 Å². The van der Waals surface area contributed by atoms with Crippen molar-refractivity contribution in [1.29, 1.82) is 0 Å². The first-order chi connectivity index (χ1) is 15.5. The predicted molar refractivity (Wildman–Crippen MR) is 119 cm³/mol. The van der Waals surface area contributed by atoms with Crippen LogP contribution in [0.5, 0.6) is 5.75 Å². The predicted octanol–water partition coefficient (Wildman–Crippen LogP) is 1.38. The van der Waals surface area contributed by atoms with E-state index in [1.807, 2.05) is 6.92 Å². The Morgan fingerprint density at radius 2 is 1.82 bits per heavy atom. The number of carbonyl (C=O) groups excluding carboxylic acids is 1. The van der Waals surface area contributed by atoms with Gasteiger partial charge in [0.05, 0.1) is 21.2 Å². The average molecular weight is 498 g/mol. The van der Waals surface area contributed by atoms with Crippen LogP contribution in [0.3, 0.4) is 0 Å². The van der Waals surface area contributed by atoms with Crippen LogP contribution in [0.4, 0.5) is 11.4 Å². The van der Waals surface area contributed by atoms with Gasteiger partial charge >= 0.3 is 5.97 Å². The number of nitrogens with one attached hydrogen (secondary N) is 2. The van der Waals surface area contributed by atoms with Gasteiger partial charge < -0.3 is 9.84 Å². The van der Waals surface area contributed by atoms with Crippen LogP contribution < -0.4 is 19.1 Å². The van der Waals surface area contributed by atoms with Crippen molar-refractivity contribution in [1.82, 2.24) is 4.72 Å². The molecule has 33 heavy (non-hydrogen) atoms. The Labute approximate surface area is 191 Å². The van der Waals surface area contributed by atoms with Crippen molar-refractivity contribution in [2.75, 3.05) is 29.3 Å². The van der Waals surface area contributed by atoms with Crippen LogP contribution in [0.2, 0.25) is 0 Å². The van der Waals surface area contributed by atoms with Crippen LogP contribution in [0.15, 0.2) is 52.3 Å². The molecule has 1 heterocycles. The van der Waals surface area contributed by atoms with Gasteiger partial charge in [0.1, 0.15) is 12.3 Å². The minimum Gasteiger partial charge on any atom is -0.482 e. The van der Waals surface area contributed by atoms with Crippen LogP contribution in [0, 0.1) is 0 Å². The first-order valence-corrected chi connectivity index (χ1v) is 12.9. The molecule has 0 bridgehead atoms. The van der Waals surface area contributed by atoms with Crippen molar-refractivity contribution in [2.24, 2.45) is 0 Å². The summed E-state index contributed by atoms with van der Waals surface area (Å²) in [7, 11) is -8.02. The summed E-state index contributed by atoms with van der Waals surface area (Å²) in [4.78, 5) is 23.8. The SMILES string of the molecule is CCCCNS(=O)(=O)c1cccc(NS(=O)(=O)c2ccc3c(c2)N(CC(=O)O)C(=O)CO3)c1. The fraction of sp³-hybridized carbons (Fsp3) is 0.300. The molecular formula is C20H23N3O8S2. The van der Waals surface area contributed by atoms with E-state index in [1.165, 1.54) is 36.4 Å². The van der Waals surface area contributed by atoms with E-state index in [9.17, 15) is 26.4 Å². The summed E-state index contributed by atoms with van der Waals surface area (Å²) in [5.41, 5.74) is 0.0220. The molecule has 0 saturated heterocycles. The second-order valence-corrected chi connectivity index (χ2v) is 10.6. The minimum absolute atomic E-state index is 0.00739. The van der Waals surface area contributed by atoms with Gasteiger partial charge in [-0.15, -0.1) is 0 Å². The smallest absolute Gasteiger partial charge is 0.323 e. The number of nitrogens with zero attached hydrogens (tertiary/aromatic N) is 1. The third kappa shape index (κ3) is 5.80. The highest BCUT2D eigenvalue weighted by molar-refractivity contribution is 7.92. The van der Waals surface area contributed by atoms with E-state index >= 15 is 0 Å². The quantitative estimate of drug-likeness (QED) is 0.415. The maximum atomic E-state index is 12.9. The van der Waals surface area contributed by atoms with Gasteiger partial charge in [-0.05, 0) is 42.8 Å². The number of hydrogen-bond acceptors (Lipinski definition) is 7. The molecule has 0 spiro atoms. The summed E-state index contributed by atoms with van der Waals surface area (Å²) in [6.07, 6.45) is 1.47. The zero-order valence-electron chi connectivity index (χ0n) is 17.6. The molecule has 0 radical (unpaired) electrons. The molecule has 0 aromatic heterocycles. The Kier molecular flexibility index (Phi) is 7.25. The molecule has 2 aromatic carbocycles.